The van der Waals surface area contributed by atoms with E-state index in [0.717, 1.165) is 10.4 Å². The topological polar surface area (TPSA) is 118 Å². The number of hydrogen-bond acceptors (Lipinski definition) is 6. The van der Waals surface area contributed by atoms with E-state index >= 15 is 0 Å². The van der Waals surface area contributed by atoms with Gasteiger partial charge in [-0.2, -0.15) is 13.5 Å². The van der Waals surface area contributed by atoms with Crippen LogP contribution < -0.4 is 5.32 Å². The Morgan fingerprint density at radius 2 is 2.08 bits per heavy atom. The Morgan fingerprint density at radius 3 is 2.67 bits per heavy atom. The van der Waals surface area contributed by atoms with Gasteiger partial charge in [-0.15, -0.1) is 9.38 Å². The molecule has 2 bridgehead atoms. The molecule has 1 aromatic rings. The molecule has 0 saturated carbocycles. The number of hydrogen-bond donors (Lipinski definition) is 1. The molecule has 24 heavy (non-hydrogen) atoms. The molecule has 2 atom stereocenters. The predicted molar refractivity (Wildman–Crippen MR) is 86.4 cm³/mol. The number of nitrogens with zero attached hydrogens (tertiary/aromatic N) is 5. The summed E-state index contributed by atoms with van der Waals surface area (Å²) >= 11 is 0. The molecule has 0 aromatic carbocycles. The maximum absolute atomic E-state index is 12.3. The number of piperidine rings is 1. The fourth-order valence-corrected chi connectivity index (χ4v) is 4.32. The summed E-state index contributed by atoms with van der Waals surface area (Å²) in [5.74, 6) is 0. The Balaban J connectivity index is 1.71. The zero-order valence-electron chi connectivity index (χ0n) is 13.8. The van der Waals surface area contributed by atoms with Crippen molar-refractivity contribution in [2.75, 3.05) is 6.54 Å². The smallest absolute Gasteiger partial charge is 0.316 e. The Hall–Kier alpha value is -1.50. The number of carbonyl (C=O) groups is 1. The van der Waals surface area contributed by atoms with Gasteiger partial charge < -0.3 is 4.90 Å². The number of rotatable bonds is 5. The van der Waals surface area contributed by atoms with Gasteiger partial charge in [0.1, 0.15) is 8.07 Å². The van der Waals surface area contributed by atoms with E-state index in [4.69, 9.17) is 4.55 Å². The minimum absolute atomic E-state index is 0.111. The summed E-state index contributed by atoms with van der Waals surface area (Å²) in [5, 5.41) is 10.1. The maximum atomic E-state index is 12.3. The van der Waals surface area contributed by atoms with Crippen LogP contribution in [0.25, 0.3) is 0 Å². The lowest BCUT2D eigenvalue weighted by atomic mass is 10.0. The SMILES string of the molecule is C[Si](C)(C)c1cn(C[C@@H]2CC[C@@H]3CN2C(=O)N3OS(=O)(=O)O)nn1. The molecule has 0 radical (unpaired) electrons. The number of urea groups is 1. The lowest BCUT2D eigenvalue weighted by Gasteiger charge is -2.30. The molecule has 2 aliphatic heterocycles. The number of hydroxylamine groups is 2. The number of aromatic nitrogens is 3. The van der Waals surface area contributed by atoms with E-state index in [-0.39, 0.29) is 12.1 Å². The van der Waals surface area contributed by atoms with Crippen molar-refractivity contribution in [1.82, 2.24) is 25.0 Å². The highest BCUT2D eigenvalue weighted by molar-refractivity contribution is 7.80. The van der Waals surface area contributed by atoms with Crippen LogP contribution in [0.5, 0.6) is 0 Å². The molecule has 2 aliphatic rings. The standard InChI is InChI=1S/C12H21N5O5SSi/c1-24(2,3)11-8-15(14-13-11)6-9-4-5-10-7-16(9)12(18)17(10)22-23(19,20)21/h8-10H,4-7H2,1-3H3,(H,19,20,21)/t9-,10+/m0/s1. The summed E-state index contributed by atoms with van der Waals surface area (Å²) in [6.07, 6.45) is 3.22. The summed E-state index contributed by atoms with van der Waals surface area (Å²) < 4.78 is 36.7. The number of carbonyl (C=O) groups excluding carboxylic acids is 1. The van der Waals surface area contributed by atoms with Gasteiger partial charge in [0.25, 0.3) is 0 Å². The zero-order chi connectivity index (χ0) is 17.7. The summed E-state index contributed by atoms with van der Waals surface area (Å²) in [7, 11) is -6.26. The van der Waals surface area contributed by atoms with Gasteiger partial charge in [-0.3, -0.25) is 9.23 Å². The molecule has 12 heteroatoms. The van der Waals surface area contributed by atoms with E-state index in [1.807, 2.05) is 6.20 Å². The molecule has 2 amide bonds. The molecule has 0 aliphatic carbocycles. The second-order valence-corrected chi connectivity index (χ2v) is 13.2. The summed E-state index contributed by atoms with van der Waals surface area (Å²) in [5.41, 5.74) is 0. The van der Waals surface area contributed by atoms with Crippen molar-refractivity contribution in [1.29, 1.82) is 0 Å². The van der Waals surface area contributed by atoms with Crippen LogP contribution in [0.1, 0.15) is 12.8 Å². The number of amides is 2. The van der Waals surface area contributed by atoms with Gasteiger partial charge in [0.05, 0.1) is 23.9 Å². The molecule has 2 fully saturated rings. The maximum Gasteiger partial charge on any atom is 0.418 e. The minimum atomic E-state index is -4.71. The van der Waals surface area contributed by atoms with Gasteiger partial charge in [0.2, 0.25) is 0 Å². The van der Waals surface area contributed by atoms with E-state index in [1.54, 1.807) is 9.58 Å². The van der Waals surface area contributed by atoms with Crippen molar-refractivity contribution in [3.8, 4) is 0 Å². The number of fused-ring (bicyclic) bond motifs is 2. The third-order valence-corrected chi connectivity index (χ3v) is 6.44. The molecule has 2 saturated heterocycles. The van der Waals surface area contributed by atoms with E-state index < -0.39 is 24.5 Å². The van der Waals surface area contributed by atoms with Crippen LogP contribution in [0, 0.1) is 0 Å². The summed E-state index contributed by atoms with van der Waals surface area (Å²) in [6, 6.07) is -1.03. The fraction of sp³-hybridized carbons (Fsp3) is 0.750. The highest BCUT2D eigenvalue weighted by Gasteiger charge is 2.47. The van der Waals surface area contributed by atoms with Crippen molar-refractivity contribution in [2.45, 2.75) is 51.1 Å². The lowest BCUT2D eigenvalue weighted by Crippen LogP contribution is -2.43. The largest absolute Gasteiger partial charge is 0.418 e. The van der Waals surface area contributed by atoms with Crippen LogP contribution in [-0.2, 0) is 21.2 Å². The third kappa shape index (κ3) is 3.45. The van der Waals surface area contributed by atoms with E-state index in [2.05, 4.69) is 34.2 Å². The monoisotopic (exact) mass is 375 g/mol. The Labute approximate surface area is 141 Å². The molecule has 0 spiro atoms. The summed E-state index contributed by atoms with van der Waals surface area (Å²) in [6.45, 7) is 7.41. The van der Waals surface area contributed by atoms with Crippen LogP contribution in [0.15, 0.2) is 6.20 Å². The molecule has 134 valence electrons. The first-order chi connectivity index (χ1) is 11.0. The van der Waals surface area contributed by atoms with Gasteiger partial charge in [-0.05, 0) is 12.8 Å². The van der Waals surface area contributed by atoms with Crippen molar-refractivity contribution >= 4 is 29.8 Å². The van der Waals surface area contributed by atoms with Crippen LogP contribution >= 0.6 is 0 Å². The van der Waals surface area contributed by atoms with Gasteiger partial charge in [0, 0.05) is 12.7 Å². The Kier molecular flexibility index (Phi) is 4.18. The average Bonchev–Trinajstić information content (AvgIpc) is 3.00. The highest BCUT2D eigenvalue weighted by Crippen LogP contribution is 2.31. The van der Waals surface area contributed by atoms with Crippen molar-refractivity contribution < 1.29 is 22.0 Å². The quantitative estimate of drug-likeness (QED) is 0.560. The molecule has 1 aromatic heterocycles. The molecule has 3 rings (SSSR count). The highest BCUT2D eigenvalue weighted by atomic mass is 32.3. The average molecular weight is 375 g/mol. The molecular weight excluding hydrogens is 354 g/mol. The van der Waals surface area contributed by atoms with Crippen molar-refractivity contribution in [3.63, 3.8) is 0 Å². The first-order valence-corrected chi connectivity index (χ1v) is 12.6. The normalized spacial score (nSPS) is 24.8. The second kappa shape index (κ2) is 5.79. The van der Waals surface area contributed by atoms with Crippen LogP contribution in [-0.4, -0.2) is 70.7 Å². The van der Waals surface area contributed by atoms with Crippen LogP contribution in [0.2, 0.25) is 19.6 Å². The van der Waals surface area contributed by atoms with E-state index in [1.165, 1.54) is 0 Å². The van der Waals surface area contributed by atoms with Gasteiger partial charge in [-0.25, -0.2) is 4.79 Å². The van der Waals surface area contributed by atoms with E-state index in [9.17, 15) is 13.2 Å². The van der Waals surface area contributed by atoms with Crippen molar-refractivity contribution in [2.24, 2.45) is 0 Å². The molecule has 3 heterocycles. The molecular formula is C12H21N5O5SSi. The van der Waals surface area contributed by atoms with Gasteiger partial charge in [-0.1, -0.05) is 24.9 Å². The molecule has 0 unspecified atom stereocenters. The Morgan fingerprint density at radius 1 is 1.38 bits per heavy atom. The first-order valence-electron chi connectivity index (χ1n) is 7.72. The van der Waals surface area contributed by atoms with Crippen LogP contribution in [0.4, 0.5) is 4.79 Å². The third-order valence-electron chi connectivity index (χ3n) is 4.33. The fourth-order valence-electron chi connectivity index (χ4n) is 3.05. The molecule has 1 N–H and O–H groups in total. The lowest BCUT2D eigenvalue weighted by molar-refractivity contribution is -0.0317. The zero-order valence-corrected chi connectivity index (χ0v) is 15.6. The predicted octanol–water partition coefficient (Wildman–Crippen LogP) is -0.174. The molecule has 10 nitrogen and oxygen atoms in total. The summed E-state index contributed by atoms with van der Waals surface area (Å²) in [4.78, 5) is 13.9. The van der Waals surface area contributed by atoms with Crippen molar-refractivity contribution in [3.05, 3.63) is 6.20 Å². The van der Waals surface area contributed by atoms with E-state index in [0.29, 0.717) is 25.9 Å². The minimum Gasteiger partial charge on any atom is -0.316 e. The Bertz CT molecular complexity index is 745. The van der Waals surface area contributed by atoms with Gasteiger partial charge >= 0.3 is 16.4 Å². The second-order valence-electron chi connectivity index (χ2n) is 7.22. The van der Waals surface area contributed by atoms with Crippen LogP contribution in [0.3, 0.4) is 0 Å². The first kappa shape index (κ1) is 17.3. The van der Waals surface area contributed by atoms with Gasteiger partial charge in [0.15, 0.2) is 0 Å².